The fourth-order valence-corrected chi connectivity index (χ4v) is 2.78. The maximum atomic E-state index is 5.75. The van der Waals surface area contributed by atoms with Crippen LogP contribution in [0, 0.1) is 18.8 Å². The van der Waals surface area contributed by atoms with Gasteiger partial charge in [-0.1, -0.05) is 17.1 Å². The summed E-state index contributed by atoms with van der Waals surface area (Å²) in [6.45, 7) is 4.01. The molecule has 0 spiro atoms. The van der Waals surface area contributed by atoms with Crippen molar-refractivity contribution in [2.24, 2.45) is 0 Å². The van der Waals surface area contributed by atoms with Crippen LogP contribution in [0.4, 0.5) is 0 Å². The molecule has 0 bridgehead atoms. The molecular weight excluding hydrogens is 304 g/mol. The maximum Gasteiger partial charge on any atom is 0.131 e. The first-order valence-corrected chi connectivity index (χ1v) is 8.23. The number of aryl methyl sites for hydroxylation is 1. The lowest BCUT2D eigenvalue weighted by atomic mass is 10.1. The molecule has 2 aromatic rings. The molecule has 24 heavy (non-hydrogen) atoms. The first-order chi connectivity index (χ1) is 11.8. The normalized spacial score (nSPS) is 17.3. The van der Waals surface area contributed by atoms with Crippen molar-refractivity contribution in [2.75, 3.05) is 20.3 Å². The topological polar surface area (TPSA) is 62.1 Å². The van der Waals surface area contributed by atoms with Gasteiger partial charge in [0, 0.05) is 25.5 Å². The van der Waals surface area contributed by atoms with Gasteiger partial charge >= 0.3 is 0 Å². The van der Waals surface area contributed by atoms with E-state index in [-0.39, 0.29) is 6.10 Å². The van der Waals surface area contributed by atoms with Crippen LogP contribution in [-0.2, 0) is 16.0 Å². The fraction of sp³-hybridized carbons (Fsp3) is 0.500. The van der Waals surface area contributed by atoms with E-state index in [1.165, 1.54) is 6.42 Å². The van der Waals surface area contributed by atoms with Crippen molar-refractivity contribution in [1.82, 2.24) is 20.0 Å². The van der Waals surface area contributed by atoms with E-state index in [1.54, 1.807) is 13.3 Å². The maximum absolute atomic E-state index is 5.75. The molecule has 3 heterocycles. The molecular formula is C18H22N4O2. The second kappa shape index (κ2) is 8.04. The average molecular weight is 326 g/mol. The summed E-state index contributed by atoms with van der Waals surface area (Å²) >= 11 is 0. The summed E-state index contributed by atoms with van der Waals surface area (Å²) in [4.78, 5) is 4.50. The summed E-state index contributed by atoms with van der Waals surface area (Å²) in [5.41, 5.74) is 3.51. The molecule has 1 atom stereocenters. The van der Waals surface area contributed by atoms with Crippen molar-refractivity contribution in [3.8, 4) is 23.2 Å². The van der Waals surface area contributed by atoms with Gasteiger partial charge < -0.3 is 9.47 Å². The van der Waals surface area contributed by atoms with Gasteiger partial charge in [0.25, 0.3) is 0 Å². The minimum atomic E-state index is 0.237. The Morgan fingerprint density at radius 3 is 3.08 bits per heavy atom. The molecule has 6 nitrogen and oxygen atoms in total. The zero-order chi connectivity index (χ0) is 16.8. The minimum absolute atomic E-state index is 0.237. The highest BCUT2D eigenvalue weighted by Crippen LogP contribution is 2.20. The molecule has 1 saturated heterocycles. The Balaban J connectivity index is 1.71. The van der Waals surface area contributed by atoms with Gasteiger partial charge in [-0.3, -0.25) is 4.98 Å². The number of hydrogen-bond acceptors (Lipinski definition) is 5. The van der Waals surface area contributed by atoms with E-state index in [2.05, 4.69) is 27.1 Å². The Labute approximate surface area is 142 Å². The molecule has 1 unspecified atom stereocenters. The van der Waals surface area contributed by atoms with Crippen molar-refractivity contribution in [1.29, 1.82) is 0 Å². The molecule has 0 amide bonds. The van der Waals surface area contributed by atoms with Crippen molar-refractivity contribution < 1.29 is 9.47 Å². The molecule has 0 aliphatic carbocycles. The summed E-state index contributed by atoms with van der Waals surface area (Å²) in [6, 6.07) is 2.01. The molecule has 126 valence electrons. The quantitative estimate of drug-likeness (QED) is 0.806. The Hall–Kier alpha value is -2.23. The number of nitrogens with zero attached hydrogens (tertiary/aromatic N) is 4. The van der Waals surface area contributed by atoms with Crippen LogP contribution in [0.3, 0.4) is 0 Å². The second-order valence-electron chi connectivity index (χ2n) is 5.94. The predicted octanol–water partition coefficient (Wildman–Crippen LogP) is 2.22. The van der Waals surface area contributed by atoms with Gasteiger partial charge in [0.2, 0.25) is 0 Å². The number of rotatable bonds is 4. The molecule has 0 N–H and O–H groups in total. The third kappa shape index (κ3) is 4.19. The summed E-state index contributed by atoms with van der Waals surface area (Å²) in [5.74, 6) is 5.96. The molecule has 0 radical (unpaired) electrons. The van der Waals surface area contributed by atoms with Crippen LogP contribution in [0.25, 0.3) is 11.4 Å². The van der Waals surface area contributed by atoms with Gasteiger partial charge in [-0.05, 0) is 37.8 Å². The van der Waals surface area contributed by atoms with Gasteiger partial charge in [0.15, 0.2) is 0 Å². The van der Waals surface area contributed by atoms with Crippen molar-refractivity contribution >= 4 is 0 Å². The third-order valence-electron chi connectivity index (χ3n) is 3.97. The summed E-state index contributed by atoms with van der Waals surface area (Å²) in [5, 5.41) is 8.47. The molecule has 0 saturated carbocycles. The lowest BCUT2D eigenvalue weighted by Gasteiger charge is -2.21. The minimum Gasteiger partial charge on any atom is -0.376 e. The third-order valence-corrected chi connectivity index (χ3v) is 3.97. The number of ether oxygens (including phenoxy) is 2. The Morgan fingerprint density at radius 1 is 1.42 bits per heavy atom. The summed E-state index contributed by atoms with van der Waals surface area (Å²) in [6.07, 6.45) is 7.39. The van der Waals surface area contributed by atoms with E-state index in [0.29, 0.717) is 6.61 Å². The Kier molecular flexibility index (Phi) is 5.57. The fourth-order valence-electron chi connectivity index (χ4n) is 2.78. The Bertz CT molecular complexity index is 739. The van der Waals surface area contributed by atoms with E-state index in [1.807, 2.05) is 23.9 Å². The lowest BCUT2D eigenvalue weighted by Crippen LogP contribution is -2.24. The highest BCUT2D eigenvalue weighted by atomic mass is 16.5. The van der Waals surface area contributed by atoms with E-state index in [9.17, 15) is 0 Å². The number of methoxy groups -OCH3 is 1. The molecule has 6 heteroatoms. The zero-order valence-electron chi connectivity index (χ0n) is 14.2. The Morgan fingerprint density at radius 2 is 2.33 bits per heavy atom. The van der Waals surface area contributed by atoms with Gasteiger partial charge in [0.05, 0.1) is 24.5 Å². The van der Waals surface area contributed by atoms with Gasteiger partial charge in [-0.25, -0.2) is 4.68 Å². The SMILES string of the molecule is COCC#Cc1cnc(-c2cn(CC3CCCCO3)nn2)c(C)c1. The van der Waals surface area contributed by atoms with Crippen LogP contribution in [0.5, 0.6) is 0 Å². The van der Waals surface area contributed by atoms with Crippen LogP contribution in [0.2, 0.25) is 0 Å². The molecule has 3 rings (SSSR count). The van der Waals surface area contributed by atoms with E-state index >= 15 is 0 Å². The molecule has 0 aromatic carbocycles. The van der Waals surface area contributed by atoms with Crippen LogP contribution in [-0.4, -0.2) is 46.4 Å². The molecule has 1 aliphatic heterocycles. The number of aromatic nitrogens is 4. The van der Waals surface area contributed by atoms with E-state index in [4.69, 9.17) is 9.47 Å². The molecule has 1 aliphatic rings. The monoisotopic (exact) mass is 326 g/mol. The standard InChI is InChI=1S/C18H22N4O2/c1-14-10-15(6-5-8-23-2)11-19-18(14)17-13-22(21-20-17)12-16-7-3-4-9-24-16/h10-11,13,16H,3-4,7-9,12H2,1-2H3. The van der Waals surface area contributed by atoms with Crippen LogP contribution in [0.15, 0.2) is 18.5 Å². The number of pyridine rings is 1. The first kappa shape index (κ1) is 16.6. The predicted molar refractivity (Wildman–Crippen MR) is 90.3 cm³/mol. The zero-order valence-corrected chi connectivity index (χ0v) is 14.2. The molecule has 2 aromatic heterocycles. The van der Waals surface area contributed by atoms with E-state index in [0.717, 1.165) is 48.5 Å². The van der Waals surface area contributed by atoms with Crippen molar-refractivity contribution in [3.05, 3.63) is 29.6 Å². The van der Waals surface area contributed by atoms with Gasteiger partial charge in [-0.15, -0.1) is 5.10 Å². The smallest absolute Gasteiger partial charge is 0.131 e. The van der Waals surface area contributed by atoms with Crippen molar-refractivity contribution in [3.63, 3.8) is 0 Å². The van der Waals surface area contributed by atoms with Crippen molar-refractivity contribution in [2.45, 2.75) is 38.8 Å². The first-order valence-electron chi connectivity index (χ1n) is 8.23. The summed E-state index contributed by atoms with van der Waals surface area (Å²) < 4.78 is 12.5. The van der Waals surface area contributed by atoms with E-state index < -0.39 is 0 Å². The lowest BCUT2D eigenvalue weighted by molar-refractivity contribution is 0.00370. The highest BCUT2D eigenvalue weighted by molar-refractivity contribution is 5.58. The highest BCUT2D eigenvalue weighted by Gasteiger charge is 2.16. The van der Waals surface area contributed by atoms with Crippen LogP contribution >= 0.6 is 0 Å². The average Bonchev–Trinajstić information content (AvgIpc) is 3.04. The molecule has 1 fully saturated rings. The van der Waals surface area contributed by atoms with Crippen LogP contribution in [0.1, 0.15) is 30.4 Å². The second-order valence-corrected chi connectivity index (χ2v) is 5.94. The van der Waals surface area contributed by atoms with Crippen LogP contribution < -0.4 is 0 Å². The number of hydrogen-bond donors (Lipinski definition) is 0. The summed E-state index contributed by atoms with van der Waals surface area (Å²) in [7, 11) is 1.63. The largest absolute Gasteiger partial charge is 0.376 e. The van der Waals surface area contributed by atoms with Gasteiger partial charge in [0.1, 0.15) is 12.3 Å². The van der Waals surface area contributed by atoms with Gasteiger partial charge in [-0.2, -0.15) is 0 Å².